The van der Waals surface area contributed by atoms with Gasteiger partial charge in [-0.05, 0) is 18.4 Å². The molecular weight excluding hydrogens is 228 g/mol. The molecule has 1 aliphatic rings. The molecule has 1 saturated heterocycles. The fourth-order valence-electron chi connectivity index (χ4n) is 2.14. The Kier molecular flexibility index (Phi) is 4.73. The molecule has 4 heteroatoms. The van der Waals surface area contributed by atoms with Crippen LogP contribution in [0.5, 0.6) is 0 Å². The molecule has 4 nitrogen and oxygen atoms in total. The Morgan fingerprint density at radius 2 is 2.22 bits per heavy atom. The quantitative estimate of drug-likeness (QED) is 0.599. The number of ether oxygens (including phenoxy) is 2. The van der Waals surface area contributed by atoms with Crippen molar-refractivity contribution < 1.29 is 9.47 Å². The van der Waals surface area contributed by atoms with Gasteiger partial charge in [0.05, 0.1) is 24.7 Å². The summed E-state index contributed by atoms with van der Waals surface area (Å²) in [4.78, 5) is 0. The maximum atomic E-state index is 7.43. The molecule has 2 atom stereocenters. The molecule has 2 unspecified atom stereocenters. The third-order valence-electron chi connectivity index (χ3n) is 3.08. The summed E-state index contributed by atoms with van der Waals surface area (Å²) in [7, 11) is 0. The number of benzene rings is 1. The molecule has 0 aliphatic carbocycles. The monoisotopic (exact) mass is 248 g/mol. The van der Waals surface area contributed by atoms with E-state index in [1.165, 1.54) is 0 Å². The van der Waals surface area contributed by atoms with Crippen LogP contribution in [0.15, 0.2) is 30.3 Å². The first-order valence-corrected chi connectivity index (χ1v) is 6.37. The Labute approximate surface area is 108 Å². The van der Waals surface area contributed by atoms with Crippen molar-refractivity contribution in [1.29, 1.82) is 5.41 Å². The molecule has 0 bridgehead atoms. The summed E-state index contributed by atoms with van der Waals surface area (Å²) in [6.07, 6.45) is 2.64. The lowest BCUT2D eigenvalue weighted by Crippen LogP contribution is -2.21. The first kappa shape index (κ1) is 13.1. The van der Waals surface area contributed by atoms with Gasteiger partial charge in [0, 0.05) is 13.0 Å². The van der Waals surface area contributed by atoms with Gasteiger partial charge in [-0.1, -0.05) is 30.3 Å². The molecule has 0 amide bonds. The van der Waals surface area contributed by atoms with Crippen LogP contribution < -0.4 is 5.73 Å². The number of amidine groups is 1. The largest absolute Gasteiger partial charge is 0.388 e. The van der Waals surface area contributed by atoms with E-state index >= 15 is 0 Å². The number of hydrogen-bond acceptors (Lipinski definition) is 3. The minimum Gasteiger partial charge on any atom is -0.388 e. The van der Waals surface area contributed by atoms with E-state index in [1.54, 1.807) is 0 Å². The van der Waals surface area contributed by atoms with Crippen LogP contribution in [0.4, 0.5) is 0 Å². The molecule has 0 spiro atoms. The molecule has 0 radical (unpaired) electrons. The van der Waals surface area contributed by atoms with Crippen LogP contribution in [0.3, 0.4) is 0 Å². The normalized spacial score (nSPS) is 20.8. The van der Waals surface area contributed by atoms with Crippen molar-refractivity contribution in [3.05, 3.63) is 35.9 Å². The van der Waals surface area contributed by atoms with Crippen molar-refractivity contribution in [3.8, 4) is 0 Å². The van der Waals surface area contributed by atoms with E-state index < -0.39 is 0 Å². The van der Waals surface area contributed by atoms with Crippen molar-refractivity contribution in [1.82, 2.24) is 0 Å². The fourth-order valence-corrected chi connectivity index (χ4v) is 2.14. The van der Waals surface area contributed by atoms with E-state index in [9.17, 15) is 0 Å². The predicted molar refractivity (Wildman–Crippen MR) is 70.6 cm³/mol. The van der Waals surface area contributed by atoms with Crippen LogP contribution in [0.2, 0.25) is 0 Å². The highest BCUT2D eigenvalue weighted by molar-refractivity contribution is 5.77. The van der Waals surface area contributed by atoms with Gasteiger partial charge in [0.15, 0.2) is 0 Å². The van der Waals surface area contributed by atoms with Crippen LogP contribution in [-0.4, -0.2) is 25.2 Å². The van der Waals surface area contributed by atoms with Gasteiger partial charge in [-0.3, -0.25) is 5.41 Å². The van der Waals surface area contributed by atoms with Gasteiger partial charge in [-0.15, -0.1) is 0 Å². The lowest BCUT2D eigenvalue weighted by atomic mass is 10.1. The van der Waals surface area contributed by atoms with Gasteiger partial charge < -0.3 is 15.2 Å². The van der Waals surface area contributed by atoms with E-state index in [4.69, 9.17) is 20.6 Å². The molecule has 1 aromatic rings. The van der Waals surface area contributed by atoms with Crippen molar-refractivity contribution in [2.45, 2.75) is 31.5 Å². The molecule has 18 heavy (non-hydrogen) atoms. The molecule has 0 saturated carbocycles. The Hall–Kier alpha value is -1.39. The van der Waals surface area contributed by atoms with Crippen LogP contribution in [0.1, 0.15) is 30.9 Å². The maximum absolute atomic E-state index is 7.43. The SMILES string of the molecule is N=C(N)CC(OCC1CCCO1)c1ccccc1. The summed E-state index contributed by atoms with van der Waals surface area (Å²) < 4.78 is 11.4. The van der Waals surface area contributed by atoms with E-state index in [0.29, 0.717) is 13.0 Å². The maximum Gasteiger partial charge on any atom is 0.0934 e. The second-order valence-electron chi connectivity index (χ2n) is 4.60. The first-order valence-electron chi connectivity index (χ1n) is 6.37. The summed E-state index contributed by atoms with van der Waals surface area (Å²) in [5.74, 6) is 0.149. The van der Waals surface area contributed by atoms with Crippen LogP contribution in [-0.2, 0) is 9.47 Å². The topological polar surface area (TPSA) is 68.3 Å². The molecular formula is C14H20N2O2. The lowest BCUT2D eigenvalue weighted by Gasteiger charge is -2.20. The fraction of sp³-hybridized carbons (Fsp3) is 0.500. The lowest BCUT2D eigenvalue weighted by molar-refractivity contribution is -0.0190. The van der Waals surface area contributed by atoms with Gasteiger partial charge in [0.25, 0.3) is 0 Å². The second-order valence-corrected chi connectivity index (χ2v) is 4.60. The highest BCUT2D eigenvalue weighted by Crippen LogP contribution is 2.23. The van der Waals surface area contributed by atoms with E-state index in [2.05, 4.69) is 0 Å². The van der Waals surface area contributed by atoms with E-state index in [0.717, 1.165) is 25.0 Å². The first-order chi connectivity index (χ1) is 8.75. The van der Waals surface area contributed by atoms with Crippen molar-refractivity contribution in [2.24, 2.45) is 5.73 Å². The Balaban J connectivity index is 1.94. The molecule has 98 valence electrons. The standard InChI is InChI=1S/C14H20N2O2/c15-14(16)9-13(11-5-2-1-3-6-11)18-10-12-7-4-8-17-12/h1-3,5-6,12-13H,4,7-10H2,(H3,15,16). The number of nitrogens with two attached hydrogens (primary N) is 1. The minimum atomic E-state index is -0.145. The van der Waals surface area contributed by atoms with Gasteiger partial charge >= 0.3 is 0 Å². The average Bonchev–Trinajstić information content (AvgIpc) is 2.88. The zero-order valence-electron chi connectivity index (χ0n) is 10.5. The van der Waals surface area contributed by atoms with E-state index in [-0.39, 0.29) is 18.0 Å². The number of rotatable bonds is 6. The predicted octanol–water partition coefficient (Wildman–Crippen LogP) is 2.25. The van der Waals surface area contributed by atoms with Crippen LogP contribution in [0.25, 0.3) is 0 Å². The van der Waals surface area contributed by atoms with Gasteiger partial charge in [0.2, 0.25) is 0 Å². The van der Waals surface area contributed by atoms with Crippen molar-refractivity contribution in [2.75, 3.05) is 13.2 Å². The van der Waals surface area contributed by atoms with Gasteiger partial charge in [-0.25, -0.2) is 0 Å². The molecule has 1 aromatic carbocycles. The number of nitrogens with one attached hydrogen (secondary N) is 1. The highest BCUT2D eigenvalue weighted by atomic mass is 16.5. The van der Waals surface area contributed by atoms with Crippen molar-refractivity contribution in [3.63, 3.8) is 0 Å². The van der Waals surface area contributed by atoms with E-state index in [1.807, 2.05) is 30.3 Å². The number of hydrogen-bond donors (Lipinski definition) is 2. The summed E-state index contributed by atoms with van der Waals surface area (Å²) >= 11 is 0. The van der Waals surface area contributed by atoms with Gasteiger partial charge in [0.1, 0.15) is 0 Å². The minimum absolute atomic E-state index is 0.145. The third-order valence-corrected chi connectivity index (χ3v) is 3.08. The second kappa shape index (κ2) is 6.52. The molecule has 1 aliphatic heterocycles. The summed E-state index contributed by atoms with van der Waals surface area (Å²) in [5.41, 5.74) is 6.55. The van der Waals surface area contributed by atoms with Crippen molar-refractivity contribution >= 4 is 5.84 Å². The highest BCUT2D eigenvalue weighted by Gasteiger charge is 2.19. The molecule has 2 rings (SSSR count). The zero-order valence-corrected chi connectivity index (χ0v) is 10.5. The Morgan fingerprint density at radius 1 is 1.44 bits per heavy atom. The zero-order chi connectivity index (χ0) is 12.8. The summed E-state index contributed by atoms with van der Waals surface area (Å²) in [6.45, 7) is 1.41. The smallest absolute Gasteiger partial charge is 0.0934 e. The molecule has 0 aromatic heterocycles. The van der Waals surface area contributed by atoms with Crippen LogP contribution >= 0.6 is 0 Å². The summed E-state index contributed by atoms with van der Waals surface area (Å²) in [6, 6.07) is 9.91. The molecule has 3 N–H and O–H groups in total. The Morgan fingerprint density at radius 3 is 2.83 bits per heavy atom. The third kappa shape index (κ3) is 3.82. The summed E-state index contributed by atoms with van der Waals surface area (Å²) in [5, 5.41) is 7.43. The molecule has 1 heterocycles. The van der Waals surface area contributed by atoms with Gasteiger partial charge in [-0.2, -0.15) is 0 Å². The molecule has 1 fully saturated rings. The van der Waals surface area contributed by atoms with Crippen LogP contribution in [0, 0.1) is 5.41 Å². The Bertz CT molecular complexity index is 375. The average molecular weight is 248 g/mol.